The van der Waals surface area contributed by atoms with Crippen molar-refractivity contribution in [3.8, 4) is 0 Å². The lowest BCUT2D eigenvalue weighted by Gasteiger charge is -2.14. The molecule has 0 aliphatic heterocycles. The van der Waals surface area contributed by atoms with Crippen LogP contribution in [-0.4, -0.2) is 16.8 Å². The number of nitrogens with two attached hydrogens (primary N) is 1. The van der Waals surface area contributed by atoms with E-state index in [-0.39, 0.29) is 11.8 Å². The predicted molar refractivity (Wildman–Crippen MR) is 70.9 cm³/mol. The molecule has 0 aliphatic rings. The molecule has 0 radical (unpaired) electrons. The maximum Gasteiger partial charge on any atom is 0.159 e. The Morgan fingerprint density at radius 1 is 1.44 bits per heavy atom. The topological polar surface area (TPSA) is 55.1 Å². The summed E-state index contributed by atoms with van der Waals surface area (Å²) >= 11 is 4.84. The van der Waals surface area contributed by atoms with Gasteiger partial charge in [-0.15, -0.1) is 0 Å². The average Bonchev–Trinajstić information content (AvgIpc) is 2.16. The van der Waals surface area contributed by atoms with Crippen molar-refractivity contribution in [1.29, 1.82) is 0 Å². The van der Waals surface area contributed by atoms with E-state index in [0.29, 0.717) is 17.0 Å². The molecule has 0 amide bonds. The van der Waals surface area contributed by atoms with Gasteiger partial charge in [0.1, 0.15) is 0 Å². The molecule has 1 aromatic carbocycles. The lowest BCUT2D eigenvalue weighted by Crippen LogP contribution is -2.22. The molecular weight excluding hydrogens is 220 g/mol. The third-order valence-corrected chi connectivity index (χ3v) is 2.38. The number of carbonyl (C=O) groups excluding carboxylic acids is 1. The minimum atomic E-state index is 0.0720. The van der Waals surface area contributed by atoms with Crippen molar-refractivity contribution < 1.29 is 4.79 Å². The Morgan fingerprint density at radius 2 is 2.00 bits per heavy atom. The predicted octanol–water partition coefficient (Wildman–Crippen LogP) is 2.37. The van der Waals surface area contributed by atoms with Crippen molar-refractivity contribution in [2.45, 2.75) is 26.3 Å². The third-order valence-electron chi connectivity index (χ3n) is 2.21. The van der Waals surface area contributed by atoms with Gasteiger partial charge in [-0.1, -0.05) is 12.2 Å². The molecule has 4 heteroatoms. The van der Waals surface area contributed by atoms with Crippen LogP contribution in [0.1, 0.15) is 30.6 Å². The molecule has 0 fully saturated rings. The first-order chi connectivity index (χ1) is 7.49. The van der Waals surface area contributed by atoms with Crippen molar-refractivity contribution in [3.05, 3.63) is 29.8 Å². The Morgan fingerprint density at radius 3 is 2.44 bits per heavy atom. The number of thiocarbonyl (C=S) groups is 1. The molecule has 3 nitrogen and oxygen atoms in total. The van der Waals surface area contributed by atoms with E-state index in [1.807, 2.05) is 19.1 Å². The van der Waals surface area contributed by atoms with Crippen LogP contribution in [0.4, 0.5) is 5.69 Å². The van der Waals surface area contributed by atoms with E-state index in [1.54, 1.807) is 19.1 Å². The molecule has 1 atom stereocenters. The Hall–Kier alpha value is -1.42. The molecule has 0 aromatic heterocycles. The molecule has 0 aliphatic carbocycles. The highest BCUT2D eigenvalue weighted by Gasteiger charge is 2.04. The van der Waals surface area contributed by atoms with Crippen LogP contribution in [0.2, 0.25) is 0 Å². The maximum absolute atomic E-state index is 11.1. The van der Waals surface area contributed by atoms with E-state index in [9.17, 15) is 4.79 Å². The Kier molecular flexibility index (Phi) is 4.43. The van der Waals surface area contributed by atoms with E-state index >= 15 is 0 Å². The van der Waals surface area contributed by atoms with Gasteiger partial charge in [-0.3, -0.25) is 4.79 Å². The number of hydrogen-bond acceptors (Lipinski definition) is 3. The van der Waals surface area contributed by atoms with Gasteiger partial charge in [0, 0.05) is 23.7 Å². The fraction of sp³-hybridized carbons (Fsp3) is 0.333. The first-order valence-corrected chi connectivity index (χ1v) is 5.55. The third kappa shape index (κ3) is 3.98. The van der Waals surface area contributed by atoms with Crippen LogP contribution in [-0.2, 0) is 0 Å². The molecular formula is C12H16N2OS. The fourth-order valence-electron chi connectivity index (χ4n) is 1.44. The fourth-order valence-corrected chi connectivity index (χ4v) is 1.69. The second-order valence-corrected chi connectivity index (χ2v) is 4.37. The van der Waals surface area contributed by atoms with Crippen molar-refractivity contribution >= 4 is 28.7 Å². The van der Waals surface area contributed by atoms with Gasteiger partial charge in [0.2, 0.25) is 0 Å². The highest BCUT2D eigenvalue weighted by atomic mass is 32.1. The lowest BCUT2D eigenvalue weighted by molar-refractivity contribution is 0.101. The van der Waals surface area contributed by atoms with Crippen molar-refractivity contribution in [1.82, 2.24) is 0 Å². The zero-order chi connectivity index (χ0) is 12.1. The highest BCUT2D eigenvalue weighted by Crippen LogP contribution is 2.12. The first-order valence-electron chi connectivity index (χ1n) is 5.15. The minimum absolute atomic E-state index is 0.0720. The molecule has 16 heavy (non-hydrogen) atoms. The van der Waals surface area contributed by atoms with Gasteiger partial charge in [-0.25, -0.2) is 0 Å². The van der Waals surface area contributed by atoms with Gasteiger partial charge in [0.25, 0.3) is 0 Å². The van der Waals surface area contributed by atoms with Crippen molar-refractivity contribution in [2.75, 3.05) is 5.32 Å². The van der Waals surface area contributed by atoms with Gasteiger partial charge in [-0.2, -0.15) is 0 Å². The average molecular weight is 236 g/mol. The van der Waals surface area contributed by atoms with Crippen LogP contribution in [0.25, 0.3) is 0 Å². The Bertz CT molecular complexity index is 387. The molecule has 1 unspecified atom stereocenters. The summed E-state index contributed by atoms with van der Waals surface area (Å²) in [5, 5.41) is 3.26. The largest absolute Gasteiger partial charge is 0.393 e. The summed E-state index contributed by atoms with van der Waals surface area (Å²) in [6, 6.07) is 7.57. The number of benzene rings is 1. The Balaban J connectivity index is 2.61. The molecule has 3 N–H and O–H groups in total. The second kappa shape index (κ2) is 5.61. The van der Waals surface area contributed by atoms with Crippen LogP contribution in [0.3, 0.4) is 0 Å². The standard InChI is InChI=1S/C12H16N2OS/c1-8(7-12(13)16)14-11-5-3-10(4-6-11)9(2)15/h3-6,8,14H,7H2,1-2H3,(H2,13,16). The van der Waals surface area contributed by atoms with Gasteiger partial charge >= 0.3 is 0 Å². The van der Waals surface area contributed by atoms with E-state index in [2.05, 4.69) is 5.32 Å². The zero-order valence-electron chi connectivity index (χ0n) is 9.49. The molecule has 1 aromatic rings. The van der Waals surface area contributed by atoms with Gasteiger partial charge < -0.3 is 11.1 Å². The number of carbonyl (C=O) groups is 1. The van der Waals surface area contributed by atoms with Crippen molar-refractivity contribution in [3.63, 3.8) is 0 Å². The number of hydrogen-bond donors (Lipinski definition) is 2. The molecule has 0 saturated carbocycles. The first kappa shape index (κ1) is 12.6. The zero-order valence-corrected chi connectivity index (χ0v) is 10.3. The molecule has 0 spiro atoms. The van der Waals surface area contributed by atoms with Crippen LogP contribution < -0.4 is 11.1 Å². The van der Waals surface area contributed by atoms with E-state index < -0.39 is 0 Å². The minimum Gasteiger partial charge on any atom is -0.393 e. The summed E-state index contributed by atoms with van der Waals surface area (Å²) in [6.45, 7) is 3.57. The van der Waals surface area contributed by atoms with Gasteiger partial charge in [0.05, 0.1) is 4.99 Å². The molecule has 0 saturated heterocycles. The SMILES string of the molecule is CC(=O)c1ccc(NC(C)CC(N)=S)cc1. The number of nitrogens with one attached hydrogen (secondary N) is 1. The molecule has 0 bridgehead atoms. The summed E-state index contributed by atoms with van der Waals surface area (Å²) in [7, 11) is 0. The van der Waals surface area contributed by atoms with E-state index in [1.165, 1.54) is 0 Å². The van der Waals surface area contributed by atoms with Crippen molar-refractivity contribution in [2.24, 2.45) is 5.73 Å². The Labute approximate surface area is 101 Å². The summed E-state index contributed by atoms with van der Waals surface area (Å²) in [5.41, 5.74) is 7.14. The van der Waals surface area contributed by atoms with Crippen LogP contribution in [0.5, 0.6) is 0 Å². The number of rotatable bonds is 5. The van der Waals surface area contributed by atoms with Crippen LogP contribution >= 0.6 is 12.2 Å². The van der Waals surface area contributed by atoms with Gasteiger partial charge in [0.15, 0.2) is 5.78 Å². The number of anilines is 1. The summed E-state index contributed by atoms with van der Waals surface area (Å²) < 4.78 is 0. The summed E-state index contributed by atoms with van der Waals surface area (Å²) in [5.74, 6) is 0.0720. The van der Waals surface area contributed by atoms with Crippen LogP contribution in [0.15, 0.2) is 24.3 Å². The molecule has 1 rings (SSSR count). The van der Waals surface area contributed by atoms with Gasteiger partial charge in [-0.05, 0) is 38.1 Å². The second-order valence-electron chi connectivity index (χ2n) is 3.85. The summed E-state index contributed by atoms with van der Waals surface area (Å²) in [4.78, 5) is 11.6. The van der Waals surface area contributed by atoms with E-state index in [4.69, 9.17) is 18.0 Å². The number of ketones is 1. The highest BCUT2D eigenvalue weighted by molar-refractivity contribution is 7.80. The quantitative estimate of drug-likeness (QED) is 0.608. The molecule has 86 valence electrons. The maximum atomic E-state index is 11.1. The lowest BCUT2D eigenvalue weighted by atomic mass is 10.1. The van der Waals surface area contributed by atoms with Crippen LogP contribution in [0, 0.1) is 0 Å². The normalized spacial score (nSPS) is 11.9. The monoisotopic (exact) mass is 236 g/mol. The smallest absolute Gasteiger partial charge is 0.159 e. The summed E-state index contributed by atoms with van der Waals surface area (Å²) in [6.07, 6.45) is 0.657. The number of Topliss-reactive ketones (excluding diaryl/α,β-unsaturated/α-hetero) is 1. The van der Waals surface area contributed by atoms with E-state index in [0.717, 1.165) is 5.69 Å². The molecule has 0 heterocycles.